The molecular formula is C26H33BrN2O4. The highest BCUT2D eigenvalue weighted by Gasteiger charge is 2.25. The predicted octanol–water partition coefficient (Wildman–Crippen LogP) is 5.33. The van der Waals surface area contributed by atoms with Gasteiger partial charge in [-0.1, -0.05) is 46.3 Å². The van der Waals surface area contributed by atoms with Crippen molar-refractivity contribution < 1.29 is 19.1 Å². The van der Waals surface area contributed by atoms with Gasteiger partial charge in [-0.3, -0.25) is 4.79 Å². The second kappa shape index (κ2) is 11.5. The van der Waals surface area contributed by atoms with Crippen molar-refractivity contribution in [3.8, 4) is 5.75 Å². The molecule has 3 rings (SSSR count). The maximum Gasteiger partial charge on any atom is 0.407 e. The van der Waals surface area contributed by atoms with Crippen molar-refractivity contribution in [3.63, 3.8) is 0 Å². The molecule has 1 saturated heterocycles. The van der Waals surface area contributed by atoms with Crippen LogP contribution in [0.2, 0.25) is 0 Å². The van der Waals surface area contributed by atoms with Crippen molar-refractivity contribution in [1.29, 1.82) is 0 Å². The number of benzene rings is 2. The first kappa shape index (κ1) is 25.1. The molecule has 33 heavy (non-hydrogen) atoms. The van der Waals surface area contributed by atoms with Crippen LogP contribution < -0.4 is 10.1 Å². The van der Waals surface area contributed by atoms with Crippen LogP contribution >= 0.6 is 15.9 Å². The minimum Gasteiger partial charge on any atom is -0.489 e. The summed E-state index contributed by atoms with van der Waals surface area (Å²) in [7, 11) is 0. The smallest absolute Gasteiger partial charge is 0.407 e. The van der Waals surface area contributed by atoms with E-state index in [2.05, 4.69) is 21.2 Å². The minimum atomic E-state index is -0.504. The van der Waals surface area contributed by atoms with Crippen molar-refractivity contribution in [1.82, 2.24) is 10.2 Å². The fourth-order valence-corrected chi connectivity index (χ4v) is 4.17. The second-order valence-electron chi connectivity index (χ2n) is 9.41. The van der Waals surface area contributed by atoms with Gasteiger partial charge in [0, 0.05) is 29.7 Å². The van der Waals surface area contributed by atoms with Crippen LogP contribution in [0.1, 0.15) is 44.7 Å². The lowest BCUT2D eigenvalue weighted by Crippen LogP contribution is -2.42. The van der Waals surface area contributed by atoms with Crippen LogP contribution in [0.15, 0.2) is 53.0 Å². The van der Waals surface area contributed by atoms with Crippen LogP contribution in [0.4, 0.5) is 4.79 Å². The van der Waals surface area contributed by atoms with Gasteiger partial charge in [0.1, 0.15) is 18.0 Å². The first-order valence-electron chi connectivity index (χ1n) is 11.4. The molecular weight excluding hydrogens is 484 g/mol. The van der Waals surface area contributed by atoms with Crippen LogP contribution in [-0.4, -0.2) is 42.1 Å². The van der Waals surface area contributed by atoms with Crippen molar-refractivity contribution in [2.75, 3.05) is 19.6 Å². The van der Waals surface area contributed by atoms with Gasteiger partial charge in [-0.15, -0.1) is 0 Å². The zero-order valence-electron chi connectivity index (χ0n) is 19.6. The van der Waals surface area contributed by atoms with E-state index in [1.165, 1.54) is 0 Å². The highest BCUT2D eigenvalue weighted by Crippen LogP contribution is 2.26. The molecule has 2 aromatic carbocycles. The average molecular weight is 517 g/mol. The highest BCUT2D eigenvalue weighted by molar-refractivity contribution is 9.10. The number of amides is 2. The topological polar surface area (TPSA) is 67.9 Å². The molecule has 0 aliphatic carbocycles. The summed E-state index contributed by atoms with van der Waals surface area (Å²) in [5, 5.41) is 2.85. The van der Waals surface area contributed by atoms with Crippen molar-refractivity contribution in [2.45, 2.75) is 52.2 Å². The van der Waals surface area contributed by atoms with Gasteiger partial charge in [-0.25, -0.2) is 4.79 Å². The lowest BCUT2D eigenvalue weighted by Gasteiger charge is -2.32. The molecule has 7 heteroatoms. The lowest BCUT2D eigenvalue weighted by atomic mass is 9.96. The van der Waals surface area contributed by atoms with Crippen LogP contribution in [0.3, 0.4) is 0 Å². The maximum atomic E-state index is 13.0. The number of nitrogens with zero attached hydrogens (tertiary/aromatic N) is 1. The van der Waals surface area contributed by atoms with Gasteiger partial charge in [0.2, 0.25) is 5.91 Å². The Kier molecular flexibility index (Phi) is 8.78. The molecule has 0 saturated carbocycles. The van der Waals surface area contributed by atoms with E-state index in [0.29, 0.717) is 38.6 Å². The zero-order valence-corrected chi connectivity index (χ0v) is 21.2. The quantitative estimate of drug-likeness (QED) is 0.539. The Bertz CT molecular complexity index is 935. The standard InChI is InChI=1S/C26H33BrN2O4/c1-26(2,3)33-25(31)28-17-19-11-13-29(14-12-19)24(30)16-21-15-22(27)9-10-23(21)32-18-20-7-5-4-6-8-20/h4-10,15,19H,11-14,16-18H2,1-3H3,(H,28,31). The number of ether oxygens (including phenoxy) is 2. The van der Waals surface area contributed by atoms with Gasteiger partial charge >= 0.3 is 6.09 Å². The summed E-state index contributed by atoms with van der Waals surface area (Å²) in [6, 6.07) is 15.8. The minimum absolute atomic E-state index is 0.0937. The lowest BCUT2D eigenvalue weighted by molar-refractivity contribution is -0.131. The number of carbonyl (C=O) groups excluding carboxylic acids is 2. The maximum absolute atomic E-state index is 13.0. The summed E-state index contributed by atoms with van der Waals surface area (Å²) in [6.45, 7) is 7.95. The Hall–Kier alpha value is -2.54. The number of rotatable bonds is 7. The number of hydrogen-bond donors (Lipinski definition) is 1. The van der Waals surface area contributed by atoms with E-state index < -0.39 is 11.7 Å². The van der Waals surface area contributed by atoms with E-state index in [0.717, 1.165) is 34.2 Å². The molecule has 0 atom stereocenters. The van der Waals surface area contributed by atoms with Gasteiger partial charge in [-0.2, -0.15) is 0 Å². The summed E-state index contributed by atoms with van der Waals surface area (Å²) in [5.74, 6) is 1.17. The molecule has 0 unspecified atom stereocenters. The number of alkyl carbamates (subject to hydrolysis) is 1. The zero-order chi connectivity index (χ0) is 23.8. The van der Waals surface area contributed by atoms with Gasteiger partial charge in [0.05, 0.1) is 6.42 Å². The molecule has 2 aromatic rings. The Labute approximate surface area is 204 Å². The molecule has 0 aromatic heterocycles. The molecule has 0 radical (unpaired) electrons. The number of carbonyl (C=O) groups is 2. The molecule has 1 fully saturated rings. The largest absolute Gasteiger partial charge is 0.489 e. The van der Waals surface area contributed by atoms with Crippen molar-refractivity contribution >= 4 is 27.9 Å². The Morgan fingerprint density at radius 1 is 1.09 bits per heavy atom. The summed E-state index contributed by atoms with van der Waals surface area (Å²) in [5.41, 5.74) is 1.45. The number of piperidine rings is 1. The molecule has 1 aliphatic heterocycles. The van der Waals surface area contributed by atoms with E-state index in [1.54, 1.807) is 0 Å². The van der Waals surface area contributed by atoms with Gasteiger partial charge < -0.3 is 19.7 Å². The van der Waals surface area contributed by atoms with E-state index in [-0.39, 0.29) is 5.91 Å². The molecule has 0 spiro atoms. The summed E-state index contributed by atoms with van der Waals surface area (Å²) in [4.78, 5) is 26.8. The molecule has 6 nitrogen and oxygen atoms in total. The second-order valence-corrected chi connectivity index (χ2v) is 10.3. The van der Waals surface area contributed by atoms with Crippen molar-refractivity contribution in [3.05, 3.63) is 64.1 Å². The number of halogens is 1. The fourth-order valence-electron chi connectivity index (χ4n) is 3.77. The molecule has 1 heterocycles. The summed E-state index contributed by atoms with van der Waals surface area (Å²) in [6.07, 6.45) is 1.62. The molecule has 178 valence electrons. The monoisotopic (exact) mass is 516 g/mol. The van der Waals surface area contributed by atoms with E-state index in [1.807, 2.05) is 74.2 Å². The van der Waals surface area contributed by atoms with E-state index in [9.17, 15) is 9.59 Å². The fraction of sp³-hybridized carbons (Fsp3) is 0.462. The Morgan fingerprint density at radius 3 is 2.45 bits per heavy atom. The van der Waals surface area contributed by atoms with Gasteiger partial charge in [0.15, 0.2) is 0 Å². The van der Waals surface area contributed by atoms with Gasteiger partial charge in [-0.05, 0) is 63.3 Å². The highest BCUT2D eigenvalue weighted by atomic mass is 79.9. The SMILES string of the molecule is CC(C)(C)OC(=O)NCC1CCN(C(=O)Cc2cc(Br)ccc2OCc2ccccc2)CC1. The normalized spacial score (nSPS) is 14.6. The predicted molar refractivity (Wildman–Crippen MR) is 132 cm³/mol. The third kappa shape index (κ3) is 8.39. The number of hydrogen-bond acceptors (Lipinski definition) is 4. The number of nitrogens with one attached hydrogen (secondary N) is 1. The van der Waals surface area contributed by atoms with Crippen LogP contribution in [0.25, 0.3) is 0 Å². The molecule has 2 amide bonds. The average Bonchev–Trinajstić information content (AvgIpc) is 2.77. The third-order valence-electron chi connectivity index (χ3n) is 5.50. The molecule has 0 bridgehead atoms. The van der Waals surface area contributed by atoms with Crippen LogP contribution in [-0.2, 0) is 22.6 Å². The first-order chi connectivity index (χ1) is 15.7. The van der Waals surface area contributed by atoms with E-state index in [4.69, 9.17) is 9.47 Å². The first-order valence-corrected chi connectivity index (χ1v) is 12.2. The summed E-state index contributed by atoms with van der Waals surface area (Å²) >= 11 is 3.51. The van der Waals surface area contributed by atoms with Crippen LogP contribution in [0.5, 0.6) is 5.75 Å². The Balaban J connectivity index is 1.49. The number of likely N-dealkylation sites (tertiary alicyclic amines) is 1. The molecule has 1 aliphatic rings. The summed E-state index contributed by atoms with van der Waals surface area (Å²) < 4.78 is 12.2. The van der Waals surface area contributed by atoms with Crippen molar-refractivity contribution in [2.24, 2.45) is 5.92 Å². The van der Waals surface area contributed by atoms with E-state index >= 15 is 0 Å². The Morgan fingerprint density at radius 2 is 1.79 bits per heavy atom. The molecule has 1 N–H and O–H groups in total. The van der Waals surface area contributed by atoms with Gasteiger partial charge in [0.25, 0.3) is 0 Å². The van der Waals surface area contributed by atoms with Crippen LogP contribution in [0, 0.1) is 5.92 Å². The third-order valence-corrected chi connectivity index (χ3v) is 6.00.